The van der Waals surface area contributed by atoms with E-state index in [2.05, 4.69) is 20.5 Å². The van der Waals surface area contributed by atoms with Crippen LogP contribution in [-0.2, 0) is 23.5 Å². The maximum atomic E-state index is 12.0. The molecule has 0 rings (SSSR count). The van der Waals surface area contributed by atoms with E-state index in [4.69, 9.17) is 18.7 Å². The zero-order valence-corrected chi connectivity index (χ0v) is 14.5. The SMILES string of the molecule is CCP(C)(CC)(CCOC)OC(=O)CCOCCOC. The Labute approximate surface area is 123 Å². The van der Waals surface area contributed by atoms with Gasteiger partial charge in [0.25, 0.3) is 0 Å². The van der Waals surface area contributed by atoms with Gasteiger partial charge in [-0.3, -0.25) is 0 Å². The van der Waals surface area contributed by atoms with Crippen LogP contribution in [0.4, 0.5) is 0 Å². The predicted octanol–water partition coefficient (Wildman–Crippen LogP) is 2.37. The Balaban J connectivity index is 4.33. The van der Waals surface area contributed by atoms with Crippen molar-refractivity contribution in [1.82, 2.24) is 0 Å². The van der Waals surface area contributed by atoms with Gasteiger partial charge in [0, 0.05) is 0 Å². The molecule has 0 aliphatic heterocycles. The van der Waals surface area contributed by atoms with E-state index in [1.54, 1.807) is 14.2 Å². The molecule has 6 heteroatoms. The Morgan fingerprint density at radius 2 is 1.55 bits per heavy atom. The standard InChI is InChI=1S/C14H31O5P/c1-6-20(5,7-2,13-12-17-4)19-14(15)8-9-18-11-10-16-3/h6-13H2,1-5H3. The molecule has 0 aromatic carbocycles. The van der Waals surface area contributed by atoms with E-state index in [9.17, 15) is 4.79 Å². The van der Waals surface area contributed by atoms with Crippen LogP contribution in [0, 0.1) is 0 Å². The average molecular weight is 310 g/mol. The van der Waals surface area contributed by atoms with Crippen molar-refractivity contribution < 1.29 is 23.5 Å². The monoisotopic (exact) mass is 310 g/mol. The van der Waals surface area contributed by atoms with Crippen molar-refractivity contribution in [1.29, 1.82) is 0 Å². The van der Waals surface area contributed by atoms with Gasteiger partial charge in [0.1, 0.15) is 0 Å². The van der Waals surface area contributed by atoms with E-state index in [0.29, 0.717) is 32.8 Å². The average Bonchev–Trinajstić information content (AvgIpc) is 2.45. The maximum absolute atomic E-state index is 12.0. The molecular weight excluding hydrogens is 279 g/mol. The molecule has 0 fully saturated rings. The van der Waals surface area contributed by atoms with E-state index in [1.807, 2.05) is 0 Å². The number of carbonyl (C=O) groups is 1. The summed E-state index contributed by atoms with van der Waals surface area (Å²) in [6.45, 7) is 5.95. The summed E-state index contributed by atoms with van der Waals surface area (Å²) in [5, 5.41) is 0. The van der Waals surface area contributed by atoms with E-state index in [-0.39, 0.29) is 5.97 Å². The van der Waals surface area contributed by atoms with Crippen molar-refractivity contribution in [2.24, 2.45) is 0 Å². The molecule has 0 atom stereocenters. The molecule has 0 aromatic heterocycles. The molecule has 0 spiro atoms. The molecule has 0 N–H and O–H groups in total. The summed E-state index contributed by atoms with van der Waals surface area (Å²) in [6, 6.07) is 0. The second-order valence-electron chi connectivity index (χ2n) is 5.36. The molecule has 0 saturated heterocycles. The van der Waals surface area contributed by atoms with Gasteiger partial charge in [-0.15, -0.1) is 0 Å². The molecule has 0 bridgehead atoms. The van der Waals surface area contributed by atoms with Crippen molar-refractivity contribution >= 4 is 12.8 Å². The van der Waals surface area contributed by atoms with Gasteiger partial charge in [-0.2, -0.15) is 0 Å². The van der Waals surface area contributed by atoms with E-state index < -0.39 is 6.83 Å². The molecule has 0 aliphatic rings. The minimum absolute atomic E-state index is 0.164. The Bertz CT molecular complexity index is 279. The molecule has 0 aromatic rings. The summed E-state index contributed by atoms with van der Waals surface area (Å²) < 4.78 is 21.3. The van der Waals surface area contributed by atoms with Crippen LogP contribution in [0.3, 0.4) is 0 Å². The number of carbonyl (C=O) groups excluding carboxylic acids is 1. The van der Waals surface area contributed by atoms with E-state index in [1.165, 1.54) is 0 Å². The van der Waals surface area contributed by atoms with Crippen LogP contribution in [0.15, 0.2) is 0 Å². The summed E-state index contributed by atoms with van der Waals surface area (Å²) in [6.07, 6.45) is 2.90. The molecule has 0 unspecified atom stereocenters. The van der Waals surface area contributed by atoms with Gasteiger partial charge in [-0.1, -0.05) is 0 Å². The fourth-order valence-corrected chi connectivity index (χ4v) is 4.68. The Kier molecular flexibility index (Phi) is 9.56. The number of rotatable bonds is 12. The molecule has 0 heterocycles. The van der Waals surface area contributed by atoms with Gasteiger partial charge in [-0.25, -0.2) is 0 Å². The molecule has 0 amide bonds. The second kappa shape index (κ2) is 9.67. The van der Waals surface area contributed by atoms with Crippen molar-refractivity contribution in [2.75, 3.05) is 65.8 Å². The zero-order valence-electron chi connectivity index (χ0n) is 13.6. The summed E-state index contributed by atoms with van der Waals surface area (Å²) >= 11 is 0. The predicted molar refractivity (Wildman–Crippen MR) is 84.1 cm³/mol. The number of ether oxygens (including phenoxy) is 3. The molecule has 5 nitrogen and oxygen atoms in total. The number of methoxy groups -OCH3 is 2. The summed E-state index contributed by atoms with van der Waals surface area (Å²) in [4.78, 5) is 12.0. The summed E-state index contributed by atoms with van der Waals surface area (Å²) in [7, 11) is 3.30. The third kappa shape index (κ3) is 6.98. The number of hydrogen-bond acceptors (Lipinski definition) is 5. The zero-order chi connectivity index (χ0) is 15.5. The first-order valence-corrected chi connectivity index (χ1v) is 10.4. The normalized spacial score (nSPS) is 13.8. The van der Waals surface area contributed by atoms with Crippen molar-refractivity contribution in [3.63, 3.8) is 0 Å². The van der Waals surface area contributed by atoms with Gasteiger partial charge >= 0.3 is 122 Å². The quantitative estimate of drug-likeness (QED) is 0.409. The molecule has 20 heavy (non-hydrogen) atoms. The Morgan fingerprint density at radius 1 is 0.950 bits per heavy atom. The molecular formula is C14H31O5P. The van der Waals surface area contributed by atoms with Crippen molar-refractivity contribution in [2.45, 2.75) is 20.3 Å². The van der Waals surface area contributed by atoms with Crippen LogP contribution in [0.2, 0.25) is 0 Å². The third-order valence-electron chi connectivity index (χ3n) is 3.98. The van der Waals surface area contributed by atoms with Crippen LogP contribution in [0.1, 0.15) is 20.3 Å². The minimum atomic E-state index is -2.44. The van der Waals surface area contributed by atoms with Gasteiger partial charge in [0.05, 0.1) is 0 Å². The first-order valence-electron chi connectivity index (χ1n) is 7.23. The first-order chi connectivity index (χ1) is 9.43. The second-order valence-corrected chi connectivity index (χ2v) is 11.6. The number of hydrogen-bond donors (Lipinski definition) is 0. The molecule has 0 saturated carbocycles. The fraction of sp³-hybridized carbons (Fsp3) is 0.929. The van der Waals surface area contributed by atoms with Crippen molar-refractivity contribution in [3.05, 3.63) is 0 Å². The Hall–Kier alpha value is -0.220. The van der Waals surface area contributed by atoms with Crippen LogP contribution in [0.25, 0.3) is 0 Å². The van der Waals surface area contributed by atoms with Crippen molar-refractivity contribution in [3.8, 4) is 0 Å². The first kappa shape index (κ1) is 19.8. The van der Waals surface area contributed by atoms with E-state index in [0.717, 1.165) is 18.5 Å². The summed E-state index contributed by atoms with van der Waals surface area (Å²) in [5.41, 5.74) is 0. The fourth-order valence-electron chi connectivity index (χ4n) is 1.83. The van der Waals surface area contributed by atoms with Gasteiger partial charge < -0.3 is 0 Å². The van der Waals surface area contributed by atoms with Gasteiger partial charge in [0.15, 0.2) is 0 Å². The molecule has 0 radical (unpaired) electrons. The van der Waals surface area contributed by atoms with E-state index >= 15 is 0 Å². The molecule has 0 aliphatic carbocycles. The Morgan fingerprint density at radius 3 is 2.05 bits per heavy atom. The van der Waals surface area contributed by atoms with Crippen LogP contribution < -0.4 is 0 Å². The van der Waals surface area contributed by atoms with Crippen LogP contribution in [-0.4, -0.2) is 71.8 Å². The van der Waals surface area contributed by atoms with Gasteiger partial charge in [0.2, 0.25) is 0 Å². The molecule has 122 valence electrons. The topological polar surface area (TPSA) is 54.0 Å². The van der Waals surface area contributed by atoms with Crippen LogP contribution in [0.5, 0.6) is 0 Å². The summed E-state index contributed by atoms with van der Waals surface area (Å²) in [5.74, 6) is -0.164. The van der Waals surface area contributed by atoms with Gasteiger partial charge in [-0.05, 0) is 0 Å². The third-order valence-corrected chi connectivity index (χ3v) is 9.77. The van der Waals surface area contributed by atoms with Crippen LogP contribution >= 0.6 is 6.83 Å².